The van der Waals surface area contributed by atoms with Crippen LogP contribution < -0.4 is 0 Å². The lowest BCUT2D eigenvalue weighted by molar-refractivity contribution is 0.668. The topological polar surface area (TPSA) is 26.3 Å². The van der Waals surface area contributed by atoms with Crippen molar-refractivity contribution in [3.8, 4) is 33.4 Å². The summed E-state index contributed by atoms with van der Waals surface area (Å²) < 4.78 is 15.2. The number of hydrogen-bond acceptors (Lipinski definition) is 4. The van der Waals surface area contributed by atoms with Gasteiger partial charge in [-0.05, 0) is 129 Å². The van der Waals surface area contributed by atoms with Gasteiger partial charge in [-0.25, -0.2) is 0 Å². The van der Waals surface area contributed by atoms with Gasteiger partial charge in [0.05, 0.1) is 0 Å². The van der Waals surface area contributed by atoms with E-state index in [1.165, 1.54) is 64.0 Å². The first kappa shape index (κ1) is 34.2. The van der Waals surface area contributed by atoms with Crippen molar-refractivity contribution in [1.82, 2.24) is 0 Å². The fourth-order valence-corrected chi connectivity index (χ4v) is 10.8. The molecule has 1 aliphatic heterocycles. The highest BCUT2D eigenvalue weighted by Crippen LogP contribution is 2.46. The molecule has 278 valence electrons. The summed E-state index contributed by atoms with van der Waals surface area (Å²) in [4.78, 5) is 1.25. The van der Waals surface area contributed by atoms with E-state index in [1.807, 2.05) is 23.1 Å². The molecule has 0 spiro atoms. The Morgan fingerprint density at radius 2 is 0.915 bits per heavy atom. The van der Waals surface area contributed by atoms with E-state index in [0.29, 0.717) is 0 Å². The number of hydrogen-bond donors (Lipinski definition) is 0. The molecule has 4 heteroatoms. The molecule has 12 rings (SSSR count). The molecule has 0 N–H and O–H groups in total. The lowest BCUT2D eigenvalue weighted by atomic mass is 9.94. The molecule has 8 aromatic carbocycles. The van der Waals surface area contributed by atoms with Crippen LogP contribution in [0.15, 0.2) is 202 Å². The summed E-state index contributed by atoms with van der Waals surface area (Å²) >= 11 is 3.72. The Hall–Kier alpha value is -6.85. The van der Waals surface area contributed by atoms with Crippen molar-refractivity contribution in [2.75, 3.05) is 5.75 Å². The summed E-state index contributed by atoms with van der Waals surface area (Å²) in [5.41, 5.74) is 15.2. The first-order chi connectivity index (χ1) is 29.1. The summed E-state index contributed by atoms with van der Waals surface area (Å²) in [6, 6.07) is 58.7. The van der Waals surface area contributed by atoms with Gasteiger partial charge in [0, 0.05) is 57.9 Å². The van der Waals surface area contributed by atoms with Gasteiger partial charge in [-0.2, -0.15) is 0 Å². The van der Waals surface area contributed by atoms with Gasteiger partial charge in [-0.1, -0.05) is 110 Å². The van der Waals surface area contributed by atoms with Crippen molar-refractivity contribution >= 4 is 98.3 Å². The van der Waals surface area contributed by atoms with Crippen LogP contribution in [0.5, 0.6) is 0 Å². The van der Waals surface area contributed by atoms with E-state index in [0.717, 1.165) is 66.3 Å². The lowest BCUT2D eigenvalue weighted by Gasteiger charge is -2.12. The van der Waals surface area contributed by atoms with E-state index in [4.69, 9.17) is 15.4 Å². The van der Waals surface area contributed by atoms with Crippen LogP contribution in [0.1, 0.15) is 11.1 Å². The molecular formula is C55H34O2S2. The van der Waals surface area contributed by atoms with Crippen molar-refractivity contribution in [2.24, 2.45) is 0 Å². The molecule has 4 heterocycles. The second kappa shape index (κ2) is 13.6. The summed E-state index contributed by atoms with van der Waals surface area (Å²) in [5, 5.41) is 7.01. The maximum Gasteiger partial charge on any atom is 0.135 e. The van der Waals surface area contributed by atoms with E-state index in [9.17, 15) is 0 Å². The molecule has 59 heavy (non-hydrogen) atoms. The number of fused-ring (bicyclic) bond motifs is 11. The second-order valence-electron chi connectivity index (χ2n) is 15.2. The molecule has 1 aliphatic rings. The molecule has 0 atom stereocenters. The van der Waals surface area contributed by atoms with Gasteiger partial charge in [-0.15, -0.1) is 23.1 Å². The summed E-state index contributed by atoms with van der Waals surface area (Å²) in [6.07, 6.45) is 6.80. The Labute approximate surface area is 349 Å². The van der Waals surface area contributed by atoms with Crippen LogP contribution in [0, 0.1) is 0 Å². The quantitative estimate of drug-likeness (QED) is 0.178. The Bertz CT molecular complexity index is 3560. The van der Waals surface area contributed by atoms with E-state index >= 15 is 0 Å². The van der Waals surface area contributed by atoms with E-state index in [-0.39, 0.29) is 0 Å². The van der Waals surface area contributed by atoms with Crippen molar-refractivity contribution in [3.05, 3.63) is 200 Å². The van der Waals surface area contributed by atoms with Gasteiger partial charge in [0.15, 0.2) is 0 Å². The van der Waals surface area contributed by atoms with Crippen LogP contribution in [0.25, 0.3) is 109 Å². The largest absolute Gasteiger partial charge is 0.456 e. The highest BCUT2D eigenvalue weighted by molar-refractivity contribution is 7.99. The van der Waals surface area contributed by atoms with Crippen LogP contribution in [0.3, 0.4) is 0 Å². The highest BCUT2D eigenvalue weighted by atomic mass is 32.2. The number of allylic oxidation sites excluding steroid dienone is 4. The van der Waals surface area contributed by atoms with Crippen molar-refractivity contribution < 1.29 is 8.83 Å². The second-order valence-corrected chi connectivity index (χ2v) is 17.4. The molecule has 0 amide bonds. The van der Waals surface area contributed by atoms with Gasteiger partial charge >= 0.3 is 0 Å². The number of furan rings is 2. The molecular weight excluding hydrogens is 757 g/mol. The number of thiophene rings is 1. The van der Waals surface area contributed by atoms with E-state index in [1.54, 1.807) is 0 Å². The Morgan fingerprint density at radius 1 is 0.441 bits per heavy atom. The van der Waals surface area contributed by atoms with Crippen molar-refractivity contribution in [3.63, 3.8) is 0 Å². The van der Waals surface area contributed by atoms with E-state index < -0.39 is 0 Å². The Kier molecular flexibility index (Phi) is 7.90. The predicted octanol–water partition coefficient (Wildman–Crippen LogP) is 16.6. The van der Waals surface area contributed by atoms with Gasteiger partial charge in [0.25, 0.3) is 0 Å². The monoisotopic (exact) mass is 790 g/mol. The van der Waals surface area contributed by atoms with Gasteiger partial charge in [-0.3, -0.25) is 0 Å². The zero-order valence-corrected chi connectivity index (χ0v) is 33.5. The Balaban J connectivity index is 0.962. The SMILES string of the molecule is C=C1/C=C(c2ccc3oc4ccc(-c5ccccc5)cc4c3c2)\C=C/CSc2ccc3sc4ccc(-c5ccc6oc7ccc(-c8ccccc8)cc7c6c5)cc4c3c21. The zero-order chi connectivity index (χ0) is 39.0. The highest BCUT2D eigenvalue weighted by Gasteiger charge is 2.19. The molecule has 0 aliphatic carbocycles. The van der Waals surface area contributed by atoms with Crippen LogP contribution in [-0.4, -0.2) is 5.75 Å². The number of benzene rings is 8. The van der Waals surface area contributed by atoms with Gasteiger partial charge < -0.3 is 8.83 Å². The van der Waals surface area contributed by atoms with Crippen LogP contribution in [0.4, 0.5) is 0 Å². The average Bonchev–Trinajstić information content (AvgIpc) is 3.98. The first-order valence-electron chi connectivity index (χ1n) is 19.9. The molecule has 0 unspecified atom stereocenters. The third-order valence-electron chi connectivity index (χ3n) is 11.7. The third-order valence-corrected chi connectivity index (χ3v) is 13.8. The molecule has 11 aromatic rings. The minimum atomic E-state index is 0.860. The maximum atomic E-state index is 6.33. The van der Waals surface area contributed by atoms with Crippen molar-refractivity contribution in [1.29, 1.82) is 0 Å². The Morgan fingerprint density at radius 3 is 1.49 bits per heavy atom. The fourth-order valence-electron chi connectivity index (χ4n) is 8.80. The predicted molar refractivity (Wildman–Crippen MR) is 254 cm³/mol. The molecule has 2 nitrogen and oxygen atoms in total. The fraction of sp³-hybridized carbons (Fsp3) is 0.0182. The normalized spacial score (nSPS) is 14.8. The van der Waals surface area contributed by atoms with Crippen LogP contribution >= 0.6 is 23.1 Å². The molecule has 0 saturated carbocycles. The lowest BCUT2D eigenvalue weighted by Crippen LogP contribution is -1.88. The van der Waals surface area contributed by atoms with Crippen LogP contribution in [0.2, 0.25) is 0 Å². The maximum absolute atomic E-state index is 6.33. The molecule has 3 aromatic heterocycles. The molecule has 0 fully saturated rings. The van der Waals surface area contributed by atoms with E-state index in [2.05, 4.69) is 182 Å². The first-order valence-corrected chi connectivity index (χ1v) is 21.7. The molecule has 0 saturated heterocycles. The summed E-state index contributed by atoms with van der Waals surface area (Å²) in [7, 11) is 0. The summed E-state index contributed by atoms with van der Waals surface area (Å²) in [5.74, 6) is 0.860. The smallest absolute Gasteiger partial charge is 0.135 e. The minimum absolute atomic E-state index is 0.860. The zero-order valence-electron chi connectivity index (χ0n) is 31.9. The number of thioether (sulfide) groups is 1. The number of rotatable bonds is 4. The third kappa shape index (κ3) is 5.78. The molecule has 0 bridgehead atoms. The molecule has 0 radical (unpaired) electrons. The average molecular weight is 791 g/mol. The van der Waals surface area contributed by atoms with Gasteiger partial charge in [0.2, 0.25) is 0 Å². The summed E-state index contributed by atoms with van der Waals surface area (Å²) in [6.45, 7) is 4.78. The minimum Gasteiger partial charge on any atom is -0.456 e. The van der Waals surface area contributed by atoms with Crippen molar-refractivity contribution in [2.45, 2.75) is 4.90 Å². The van der Waals surface area contributed by atoms with Crippen LogP contribution in [-0.2, 0) is 0 Å². The standard InChI is InChI=1S/C55H34O2S2/c1-33-27-36(39-16-21-49-44(30-39)42-28-37(14-19-47(42)56-49)34-9-4-2-5-10-34)13-8-26-58-52-24-25-53-55(54(33)52)46-32-41(18-23-51(46)59-53)40-17-22-50-45(31-40)43-29-38(15-20-48(43)57-50)35-11-6-3-7-12-35/h2-25,27-32H,1,26H2/b13-8-,36-27+. The van der Waals surface area contributed by atoms with Gasteiger partial charge in [0.1, 0.15) is 22.3 Å².